The van der Waals surface area contributed by atoms with Gasteiger partial charge in [-0.1, -0.05) is 6.92 Å². The number of rotatable bonds is 3. The Morgan fingerprint density at radius 2 is 1.62 bits per heavy atom. The molecule has 4 rings (SSSR count). The van der Waals surface area contributed by atoms with Crippen LogP contribution in [0.5, 0.6) is 0 Å². The first kappa shape index (κ1) is 17.6. The van der Waals surface area contributed by atoms with E-state index >= 15 is 0 Å². The van der Waals surface area contributed by atoms with Crippen molar-refractivity contribution in [3.63, 3.8) is 0 Å². The Morgan fingerprint density at radius 3 is 2.27 bits per heavy atom. The summed E-state index contributed by atoms with van der Waals surface area (Å²) in [5, 5.41) is 9.97. The number of nitrogens with zero attached hydrogens (tertiary/aromatic N) is 6. The van der Waals surface area contributed by atoms with Crippen molar-refractivity contribution in [1.29, 1.82) is 5.26 Å². The Bertz CT molecular complexity index is 695. The van der Waals surface area contributed by atoms with Gasteiger partial charge in [-0.05, 0) is 38.4 Å². The predicted octanol–water partition coefficient (Wildman–Crippen LogP) is 1.68. The maximum atomic E-state index is 9.97. The lowest BCUT2D eigenvalue weighted by Crippen LogP contribution is -2.47. The summed E-state index contributed by atoms with van der Waals surface area (Å²) in [6.45, 7) is 11.5. The molecule has 0 saturated carbocycles. The second-order valence-electron chi connectivity index (χ2n) is 7.81. The Morgan fingerprint density at radius 1 is 0.923 bits per heavy atom. The molecule has 0 N–H and O–H groups in total. The van der Waals surface area contributed by atoms with E-state index in [-0.39, 0.29) is 0 Å². The largest absolute Gasteiger partial charge is 0.356 e. The molecule has 140 valence electrons. The van der Waals surface area contributed by atoms with Gasteiger partial charge in [0.05, 0.1) is 5.56 Å². The van der Waals surface area contributed by atoms with E-state index in [0.717, 1.165) is 82.5 Å². The molecule has 1 aromatic heterocycles. The van der Waals surface area contributed by atoms with Gasteiger partial charge in [-0.25, -0.2) is 4.98 Å². The molecule has 6 heteroatoms. The van der Waals surface area contributed by atoms with Crippen LogP contribution in [0.4, 0.5) is 11.6 Å². The lowest BCUT2D eigenvalue weighted by Gasteiger charge is -2.37. The number of fused-ring (bicyclic) bond motifs is 1. The predicted molar refractivity (Wildman–Crippen MR) is 105 cm³/mol. The van der Waals surface area contributed by atoms with Crippen molar-refractivity contribution in [3.05, 3.63) is 16.7 Å². The number of nitriles is 1. The Kier molecular flexibility index (Phi) is 5.01. The highest BCUT2D eigenvalue weighted by Gasteiger charge is 2.30. The minimum Gasteiger partial charge on any atom is -0.356 e. The van der Waals surface area contributed by atoms with Gasteiger partial charge in [-0.2, -0.15) is 5.26 Å². The summed E-state index contributed by atoms with van der Waals surface area (Å²) in [5.41, 5.74) is 3.39. The van der Waals surface area contributed by atoms with Crippen molar-refractivity contribution in [2.45, 2.75) is 32.7 Å². The number of hydrogen-bond donors (Lipinski definition) is 0. The molecule has 0 aromatic carbocycles. The van der Waals surface area contributed by atoms with Gasteiger partial charge < -0.3 is 19.6 Å². The van der Waals surface area contributed by atoms with Crippen molar-refractivity contribution in [2.75, 3.05) is 69.2 Å². The normalized spacial score (nSPS) is 21.7. The molecule has 2 fully saturated rings. The van der Waals surface area contributed by atoms with Gasteiger partial charge in [0, 0.05) is 57.9 Å². The van der Waals surface area contributed by atoms with Crippen LogP contribution in [0.15, 0.2) is 0 Å². The Hall–Kier alpha value is -1.84. The third-order valence-electron chi connectivity index (χ3n) is 6.18. The minimum atomic E-state index is 0.834. The van der Waals surface area contributed by atoms with Gasteiger partial charge in [0.1, 0.15) is 17.7 Å². The Balaban J connectivity index is 1.76. The Labute approximate surface area is 157 Å². The maximum absolute atomic E-state index is 9.97. The molecule has 4 heterocycles. The molecule has 3 aliphatic rings. The van der Waals surface area contributed by atoms with E-state index in [0.29, 0.717) is 0 Å². The summed E-state index contributed by atoms with van der Waals surface area (Å²) in [4.78, 5) is 14.8. The monoisotopic (exact) mass is 354 g/mol. The van der Waals surface area contributed by atoms with Gasteiger partial charge in [0.2, 0.25) is 0 Å². The lowest BCUT2D eigenvalue weighted by molar-refractivity contribution is 0.270. The first-order chi connectivity index (χ1) is 12.7. The van der Waals surface area contributed by atoms with Crippen LogP contribution in [0.2, 0.25) is 0 Å². The molecular formula is C20H30N6. The summed E-state index contributed by atoms with van der Waals surface area (Å²) in [7, 11) is 2.17. The number of pyridine rings is 1. The number of anilines is 2. The zero-order valence-electron chi connectivity index (χ0n) is 16.2. The van der Waals surface area contributed by atoms with Crippen LogP contribution in [-0.2, 0) is 13.0 Å². The first-order valence-electron chi connectivity index (χ1n) is 10.1. The fourth-order valence-electron chi connectivity index (χ4n) is 4.55. The second-order valence-corrected chi connectivity index (χ2v) is 7.81. The third-order valence-corrected chi connectivity index (χ3v) is 6.18. The molecule has 0 spiro atoms. The average molecular weight is 355 g/mol. The maximum Gasteiger partial charge on any atom is 0.149 e. The summed E-state index contributed by atoms with van der Waals surface area (Å²) in [5.74, 6) is 2.09. The van der Waals surface area contributed by atoms with E-state index in [1.807, 2.05) is 0 Å². The van der Waals surface area contributed by atoms with Gasteiger partial charge >= 0.3 is 0 Å². The SMILES string of the molecule is CCN1CCN(c2nc(N3CCCC3)c3c(c2C#N)CCN(C)C3)CC1. The summed E-state index contributed by atoms with van der Waals surface area (Å²) in [6.07, 6.45) is 3.45. The second kappa shape index (κ2) is 7.42. The van der Waals surface area contributed by atoms with E-state index in [4.69, 9.17) is 4.98 Å². The molecule has 2 saturated heterocycles. The van der Waals surface area contributed by atoms with Crippen LogP contribution < -0.4 is 9.80 Å². The van der Waals surface area contributed by atoms with Crippen LogP contribution in [-0.4, -0.2) is 74.2 Å². The van der Waals surface area contributed by atoms with Crippen molar-refractivity contribution in [2.24, 2.45) is 0 Å². The highest BCUT2D eigenvalue weighted by molar-refractivity contribution is 5.68. The highest BCUT2D eigenvalue weighted by Crippen LogP contribution is 2.36. The molecule has 26 heavy (non-hydrogen) atoms. The summed E-state index contributed by atoms with van der Waals surface area (Å²) < 4.78 is 0. The van der Waals surface area contributed by atoms with Crippen LogP contribution in [0.1, 0.15) is 36.5 Å². The smallest absolute Gasteiger partial charge is 0.149 e. The molecule has 1 aromatic rings. The summed E-state index contributed by atoms with van der Waals surface area (Å²) in [6, 6.07) is 2.52. The van der Waals surface area contributed by atoms with E-state index in [1.165, 1.54) is 24.0 Å². The molecule has 3 aliphatic heterocycles. The number of aromatic nitrogens is 1. The van der Waals surface area contributed by atoms with Crippen molar-refractivity contribution >= 4 is 11.6 Å². The quantitative estimate of drug-likeness (QED) is 0.823. The zero-order chi connectivity index (χ0) is 18.1. The standard InChI is InChI=1S/C20H30N6/c1-3-24-10-12-26(13-11-24)19-17(14-21)16-6-9-23(2)15-18(16)20(22-19)25-7-4-5-8-25/h3-13,15H2,1-2H3. The number of likely N-dealkylation sites (N-methyl/N-ethyl adjacent to an activating group) is 2. The van der Waals surface area contributed by atoms with Crippen LogP contribution in [0.25, 0.3) is 0 Å². The van der Waals surface area contributed by atoms with Gasteiger partial charge in [0.25, 0.3) is 0 Å². The zero-order valence-corrected chi connectivity index (χ0v) is 16.2. The van der Waals surface area contributed by atoms with Crippen molar-refractivity contribution in [3.8, 4) is 6.07 Å². The molecule has 6 nitrogen and oxygen atoms in total. The van der Waals surface area contributed by atoms with Gasteiger partial charge in [-0.15, -0.1) is 0 Å². The van der Waals surface area contributed by atoms with Crippen molar-refractivity contribution in [1.82, 2.24) is 14.8 Å². The molecule has 0 bridgehead atoms. The molecule has 0 radical (unpaired) electrons. The van der Waals surface area contributed by atoms with Crippen LogP contribution in [0, 0.1) is 11.3 Å². The van der Waals surface area contributed by atoms with E-state index in [9.17, 15) is 5.26 Å². The highest BCUT2D eigenvalue weighted by atomic mass is 15.3. The molecule has 0 amide bonds. The van der Waals surface area contributed by atoms with Crippen LogP contribution >= 0.6 is 0 Å². The number of piperazine rings is 1. The first-order valence-corrected chi connectivity index (χ1v) is 10.1. The van der Waals surface area contributed by atoms with Gasteiger partial charge in [-0.3, -0.25) is 0 Å². The molecular weight excluding hydrogens is 324 g/mol. The lowest BCUT2D eigenvalue weighted by atomic mass is 9.95. The fourth-order valence-corrected chi connectivity index (χ4v) is 4.55. The average Bonchev–Trinajstić information content (AvgIpc) is 3.21. The number of hydrogen-bond acceptors (Lipinski definition) is 6. The molecule has 0 aliphatic carbocycles. The molecule has 0 atom stereocenters. The fraction of sp³-hybridized carbons (Fsp3) is 0.700. The van der Waals surface area contributed by atoms with Crippen molar-refractivity contribution < 1.29 is 0 Å². The van der Waals surface area contributed by atoms with E-state index in [2.05, 4.69) is 39.6 Å². The van der Waals surface area contributed by atoms with E-state index in [1.54, 1.807) is 0 Å². The molecule has 0 unspecified atom stereocenters. The third kappa shape index (κ3) is 3.15. The topological polar surface area (TPSA) is 49.6 Å². The minimum absolute atomic E-state index is 0.834. The van der Waals surface area contributed by atoms with E-state index < -0.39 is 0 Å². The van der Waals surface area contributed by atoms with Gasteiger partial charge in [0.15, 0.2) is 0 Å². The van der Waals surface area contributed by atoms with Crippen LogP contribution in [0.3, 0.4) is 0 Å². The summed E-state index contributed by atoms with van der Waals surface area (Å²) >= 11 is 0.